The Hall–Kier alpha value is -3.35. The lowest BCUT2D eigenvalue weighted by Gasteiger charge is -2.34. The third-order valence-corrected chi connectivity index (χ3v) is 5.44. The lowest BCUT2D eigenvalue weighted by atomic mass is 9.92. The van der Waals surface area contributed by atoms with Crippen LogP contribution >= 0.6 is 0 Å². The van der Waals surface area contributed by atoms with Crippen molar-refractivity contribution < 1.29 is 27.1 Å². The molecule has 3 aromatic carbocycles. The summed E-state index contributed by atoms with van der Waals surface area (Å²) in [4.78, 5) is 14.7. The number of alkyl halides is 3. The molecule has 0 fully saturated rings. The van der Waals surface area contributed by atoms with Crippen molar-refractivity contribution in [3.63, 3.8) is 0 Å². The molecule has 1 aliphatic rings. The number of amides is 1. The van der Waals surface area contributed by atoms with E-state index in [0.717, 1.165) is 5.56 Å². The predicted octanol–water partition coefficient (Wildman–Crippen LogP) is 6.15. The van der Waals surface area contributed by atoms with E-state index in [-0.39, 0.29) is 17.5 Å². The summed E-state index contributed by atoms with van der Waals surface area (Å²) in [6.07, 6.45) is -4.20. The number of benzene rings is 3. The molecular weight excluding hydrogens is 410 g/mol. The van der Waals surface area contributed by atoms with Gasteiger partial charge in [-0.3, -0.25) is 4.79 Å². The van der Waals surface area contributed by atoms with Crippen molar-refractivity contribution in [1.82, 2.24) is 4.90 Å². The number of rotatable bonds is 4. The minimum Gasteiger partial charge on any atom is -0.406 e. The van der Waals surface area contributed by atoms with E-state index < -0.39 is 12.4 Å². The van der Waals surface area contributed by atoms with Gasteiger partial charge in [-0.25, -0.2) is 4.39 Å². The van der Waals surface area contributed by atoms with Crippen LogP contribution in [0.3, 0.4) is 0 Å². The molecule has 0 aliphatic carbocycles. The molecule has 3 aromatic rings. The van der Waals surface area contributed by atoms with E-state index in [1.165, 1.54) is 24.3 Å². The first-order valence-electron chi connectivity index (χ1n) is 9.77. The van der Waals surface area contributed by atoms with Gasteiger partial charge in [-0.1, -0.05) is 42.5 Å². The molecule has 160 valence electrons. The molecule has 31 heavy (non-hydrogen) atoms. The zero-order chi connectivity index (χ0) is 22.2. The first kappa shape index (κ1) is 20.9. The van der Waals surface area contributed by atoms with E-state index in [1.54, 1.807) is 48.2 Å². The number of carbonyl (C=O) groups is 1. The molecular formula is C24H19F4NO2. The lowest BCUT2D eigenvalue weighted by Crippen LogP contribution is -2.39. The largest absolute Gasteiger partial charge is 0.573 e. The molecule has 1 unspecified atom stereocenters. The van der Waals surface area contributed by atoms with Gasteiger partial charge in [0, 0.05) is 17.7 Å². The number of hydrogen-bond donors (Lipinski definition) is 0. The van der Waals surface area contributed by atoms with E-state index in [9.17, 15) is 22.4 Å². The lowest BCUT2D eigenvalue weighted by molar-refractivity contribution is -0.274. The fourth-order valence-electron chi connectivity index (χ4n) is 3.91. The van der Waals surface area contributed by atoms with Crippen LogP contribution < -0.4 is 4.74 Å². The summed E-state index contributed by atoms with van der Waals surface area (Å²) in [7, 11) is 0. The van der Waals surface area contributed by atoms with E-state index >= 15 is 0 Å². The summed E-state index contributed by atoms with van der Waals surface area (Å²) >= 11 is 0. The van der Waals surface area contributed by atoms with Crippen molar-refractivity contribution in [1.29, 1.82) is 0 Å². The van der Waals surface area contributed by atoms with Gasteiger partial charge in [0.2, 0.25) is 0 Å². The number of hydrogen-bond acceptors (Lipinski definition) is 2. The molecule has 4 rings (SSSR count). The highest BCUT2D eigenvalue weighted by atomic mass is 19.4. The smallest absolute Gasteiger partial charge is 0.406 e. The van der Waals surface area contributed by atoms with Crippen molar-refractivity contribution in [3.8, 4) is 16.9 Å². The summed E-state index contributed by atoms with van der Waals surface area (Å²) < 4.78 is 55.7. The maximum Gasteiger partial charge on any atom is 0.573 e. The van der Waals surface area contributed by atoms with E-state index in [0.29, 0.717) is 35.2 Å². The standard InChI is InChI=1S/C24H19F4NO2/c1-15(20-7-2-3-8-22(20)25)29-12-11-18-13-17(9-10-21(18)23(29)30)16-5-4-6-19(14-16)31-24(26,27)28/h2-10,13-15H,11-12H2,1H3. The molecule has 1 aliphatic heterocycles. The minimum absolute atomic E-state index is 0.197. The Morgan fingerprint density at radius 2 is 1.71 bits per heavy atom. The Kier molecular flexibility index (Phi) is 5.43. The Morgan fingerprint density at radius 1 is 0.968 bits per heavy atom. The molecule has 7 heteroatoms. The average molecular weight is 429 g/mol. The number of fused-ring (bicyclic) bond motifs is 1. The topological polar surface area (TPSA) is 29.5 Å². The second kappa shape index (κ2) is 8.06. The summed E-state index contributed by atoms with van der Waals surface area (Å²) in [6.45, 7) is 2.21. The Bertz CT molecular complexity index is 1130. The van der Waals surface area contributed by atoms with Gasteiger partial charge in [-0.05, 0) is 54.3 Å². The average Bonchev–Trinajstić information content (AvgIpc) is 2.73. The monoisotopic (exact) mass is 429 g/mol. The number of nitrogens with zero attached hydrogens (tertiary/aromatic N) is 1. The quantitative estimate of drug-likeness (QED) is 0.466. The van der Waals surface area contributed by atoms with Crippen molar-refractivity contribution in [2.45, 2.75) is 25.7 Å². The molecule has 1 atom stereocenters. The maximum absolute atomic E-state index is 14.2. The highest BCUT2D eigenvalue weighted by molar-refractivity contribution is 5.97. The van der Waals surface area contributed by atoms with Gasteiger partial charge in [0.25, 0.3) is 5.91 Å². The number of carbonyl (C=O) groups excluding carboxylic acids is 1. The molecule has 0 radical (unpaired) electrons. The first-order chi connectivity index (χ1) is 14.7. The molecule has 3 nitrogen and oxygen atoms in total. The van der Waals surface area contributed by atoms with E-state index in [4.69, 9.17) is 0 Å². The summed E-state index contributed by atoms with van der Waals surface area (Å²) in [5, 5.41) is 0. The third kappa shape index (κ3) is 4.40. The van der Waals surface area contributed by atoms with Crippen molar-refractivity contribution in [2.75, 3.05) is 6.54 Å². The van der Waals surface area contributed by atoms with Gasteiger partial charge < -0.3 is 9.64 Å². The second-order valence-corrected chi connectivity index (χ2v) is 7.39. The number of halogens is 4. The summed E-state index contributed by atoms with van der Waals surface area (Å²) in [5.41, 5.74) is 3.02. The van der Waals surface area contributed by atoms with Gasteiger partial charge >= 0.3 is 6.36 Å². The zero-order valence-corrected chi connectivity index (χ0v) is 16.6. The third-order valence-electron chi connectivity index (χ3n) is 5.44. The molecule has 1 heterocycles. The van der Waals surface area contributed by atoms with Crippen LogP contribution in [0.2, 0.25) is 0 Å². The van der Waals surface area contributed by atoms with Gasteiger partial charge in [-0.15, -0.1) is 13.2 Å². The highest BCUT2D eigenvalue weighted by Crippen LogP contribution is 2.33. The summed E-state index contributed by atoms with van der Waals surface area (Å²) in [5.74, 6) is -0.855. The van der Waals surface area contributed by atoms with Crippen molar-refractivity contribution in [2.24, 2.45) is 0 Å². The summed E-state index contributed by atoms with van der Waals surface area (Å²) in [6, 6.07) is 16.9. The van der Waals surface area contributed by atoms with Crippen molar-refractivity contribution >= 4 is 5.91 Å². The highest BCUT2D eigenvalue weighted by Gasteiger charge is 2.32. The van der Waals surface area contributed by atoms with E-state index in [2.05, 4.69) is 4.74 Å². The van der Waals surface area contributed by atoms with Gasteiger partial charge in [0.05, 0.1) is 6.04 Å². The van der Waals surface area contributed by atoms with Crippen LogP contribution in [0.1, 0.15) is 34.5 Å². The van der Waals surface area contributed by atoms with Crippen LogP contribution in [0.5, 0.6) is 5.75 Å². The minimum atomic E-state index is -4.76. The van der Waals surface area contributed by atoms with Crippen LogP contribution in [0.25, 0.3) is 11.1 Å². The van der Waals surface area contributed by atoms with Gasteiger partial charge in [0.15, 0.2) is 0 Å². The van der Waals surface area contributed by atoms with E-state index in [1.807, 2.05) is 6.07 Å². The SMILES string of the molecule is CC(c1ccccc1F)N1CCc2cc(-c3cccc(OC(F)(F)F)c3)ccc2C1=O. The molecule has 1 amide bonds. The Morgan fingerprint density at radius 3 is 2.45 bits per heavy atom. The van der Waals surface area contributed by atoms with Crippen LogP contribution in [-0.2, 0) is 6.42 Å². The maximum atomic E-state index is 14.2. The second-order valence-electron chi connectivity index (χ2n) is 7.39. The van der Waals surface area contributed by atoms with Crippen LogP contribution in [0.15, 0.2) is 66.7 Å². The molecule has 0 N–H and O–H groups in total. The van der Waals surface area contributed by atoms with Gasteiger partial charge in [-0.2, -0.15) is 0 Å². The van der Waals surface area contributed by atoms with Gasteiger partial charge in [0.1, 0.15) is 11.6 Å². The molecule has 0 saturated carbocycles. The number of ether oxygens (including phenoxy) is 1. The molecule has 0 aromatic heterocycles. The predicted molar refractivity (Wildman–Crippen MR) is 108 cm³/mol. The molecule has 0 saturated heterocycles. The van der Waals surface area contributed by atoms with Crippen LogP contribution in [0.4, 0.5) is 17.6 Å². The fraction of sp³-hybridized carbons (Fsp3) is 0.208. The Labute approximate surface area is 176 Å². The molecule has 0 bridgehead atoms. The zero-order valence-electron chi connectivity index (χ0n) is 16.6. The van der Waals surface area contributed by atoms with Crippen LogP contribution in [0, 0.1) is 5.82 Å². The Balaban J connectivity index is 1.60. The first-order valence-corrected chi connectivity index (χ1v) is 9.77. The van der Waals surface area contributed by atoms with Crippen molar-refractivity contribution in [3.05, 3.63) is 89.2 Å². The molecule has 0 spiro atoms. The fourth-order valence-corrected chi connectivity index (χ4v) is 3.91. The van der Waals surface area contributed by atoms with Crippen LogP contribution in [-0.4, -0.2) is 23.7 Å². The normalized spacial score (nSPS) is 14.9.